The highest BCUT2D eigenvalue weighted by Crippen LogP contribution is 2.17. The maximum atomic E-state index is 5.48. The van der Waals surface area contributed by atoms with E-state index < -0.39 is 0 Å². The van der Waals surface area contributed by atoms with Gasteiger partial charge in [-0.15, -0.1) is 0 Å². The lowest BCUT2D eigenvalue weighted by Gasteiger charge is -2.09. The first-order chi connectivity index (χ1) is 9.31. The van der Waals surface area contributed by atoms with Gasteiger partial charge in [0.05, 0.1) is 0 Å². The number of nitrogens with one attached hydrogen (secondary N) is 2. The van der Waals surface area contributed by atoms with E-state index >= 15 is 0 Å². The fraction of sp³-hybridized carbons (Fsp3) is 0.533. The Morgan fingerprint density at radius 1 is 1.47 bits per heavy atom. The zero-order valence-corrected chi connectivity index (χ0v) is 11.4. The summed E-state index contributed by atoms with van der Waals surface area (Å²) in [5.74, 6) is 1.59. The standard InChI is InChI=1S/C15H21N3O/c1-11-18-14-8-13(2-3-15(14)19-11)10-17-7-5-12-4-6-16-9-12/h2-3,8,12,16-17H,4-7,9-10H2,1H3. The van der Waals surface area contributed by atoms with Crippen LogP contribution in [0.4, 0.5) is 0 Å². The van der Waals surface area contributed by atoms with Crippen LogP contribution in [0, 0.1) is 12.8 Å². The molecule has 0 bridgehead atoms. The molecule has 1 fully saturated rings. The maximum Gasteiger partial charge on any atom is 0.192 e. The van der Waals surface area contributed by atoms with Crippen molar-refractivity contribution in [2.75, 3.05) is 19.6 Å². The maximum absolute atomic E-state index is 5.48. The summed E-state index contributed by atoms with van der Waals surface area (Å²) >= 11 is 0. The SMILES string of the molecule is Cc1nc2cc(CNCCC3CCNC3)ccc2o1. The van der Waals surface area contributed by atoms with Crippen LogP contribution in [0.1, 0.15) is 24.3 Å². The second-order valence-corrected chi connectivity index (χ2v) is 5.36. The van der Waals surface area contributed by atoms with E-state index in [4.69, 9.17) is 4.42 Å². The lowest BCUT2D eigenvalue weighted by Crippen LogP contribution is -2.19. The summed E-state index contributed by atoms with van der Waals surface area (Å²) in [6.45, 7) is 6.25. The predicted molar refractivity (Wildman–Crippen MR) is 76.0 cm³/mol. The Balaban J connectivity index is 1.50. The molecule has 0 spiro atoms. The van der Waals surface area contributed by atoms with Crippen molar-refractivity contribution in [2.24, 2.45) is 5.92 Å². The monoisotopic (exact) mass is 259 g/mol. The lowest BCUT2D eigenvalue weighted by molar-refractivity contribution is 0.500. The lowest BCUT2D eigenvalue weighted by atomic mass is 10.1. The highest BCUT2D eigenvalue weighted by atomic mass is 16.3. The first kappa shape index (κ1) is 12.6. The third kappa shape index (κ3) is 3.14. The first-order valence-corrected chi connectivity index (χ1v) is 7.09. The summed E-state index contributed by atoms with van der Waals surface area (Å²) < 4.78 is 5.48. The summed E-state index contributed by atoms with van der Waals surface area (Å²) in [6.07, 6.45) is 2.59. The third-order valence-electron chi connectivity index (χ3n) is 3.78. The number of fused-ring (bicyclic) bond motifs is 1. The molecule has 1 aliphatic rings. The van der Waals surface area contributed by atoms with Gasteiger partial charge in [0.25, 0.3) is 0 Å². The predicted octanol–water partition coefficient (Wildman–Crippen LogP) is 2.23. The average molecular weight is 259 g/mol. The van der Waals surface area contributed by atoms with E-state index in [0.717, 1.165) is 36.0 Å². The quantitative estimate of drug-likeness (QED) is 0.808. The molecule has 4 nitrogen and oxygen atoms in total. The fourth-order valence-corrected chi connectivity index (χ4v) is 2.70. The van der Waals surface area contributed by atoms with E-state index in [1.165, 1.54) is 31.5 Å². The first-order valence-electron chi connectivity index (χ1n) is 7.09. The zero-order valence-electron chi connectivity index (χ0n) is 11.4. The van der Waals surface area contributed by atoms with Crippen molar-refractivity contribution in [2.45, 2.75) is 26.3 Å². The summed E-state index contributed by atoms with van der Waals surface area (Å²) in [5.41, 5.74) is 3.10. The number of hydrogen-bond donors (Lipinski definition) is 2. The number of aromatic nitrogens is 1. The van der Waals surface area contributed by atoms with E-state index in [2.05, 4.69) is 27.8 Å². The largest absolute Gasteiger partial charge is 0.441 e. The number of oxazole rings is 1. The van der Waals surface area contributed by atoms with E-state index in [1.807, 2.05) is 13.0 Å². The second kappa shape index (κ2) is 5.72. The van der Waals surface area contributed by atoms with Crippen LogP contribution in [0.2, 0.25) is 0 Å². The van der Waals surface area contributed by atoms with Crippen LogP contribution < -0.4 is 10.6 Å². The second-order valence-electron chi connectivity index (χ2n) is 5.36. The van der Waals surface area contributed by atoms with Crippen LogP contribution >= 0.6 is 0 Å². The van der Waals surface area contributed by atoms with E-state index in [0.29, 0.717) is 0 Å². The van der Waals surface area contributed by atoms with Gasteiger partial charge in [-0.05, 0) is 56.1 Å². The molecule has 0 saturated carbocycles. The Morgan fingerprint density at radius 2 is 2.42 bits per heavy atom. The molecule has 1 unspecified atom stereocenters. The van der Waals surface area contributed by atoms with E-state index in [-0.39, 0.29) is 0 Å². The fourth-order valence-electron chi connectivity index (χ4n) is 2.70. The molecular weight excluding hydrogens is 238 g/mol. The number of nitrogens with zero attached hydrogens (tertiary/aromatic N) is 1. The molecule has 2 N–H and O–H groups in total. The molecule has 1 atom stereocenters. The van der Waals surface area contributed by atoms with Crippen molar-refractivity contribution >= 4 is 11.1 Å². The zero-order chi connectivity index (χ0) is 13.1. The van der Waals surface area contributed by atoms with Crippen molar-refractivity contribution in [1.29, 1.82) is 0 Å². The number of benzene rings is 1. The van der Waals surface area contributed by atoms with Crippen LogP contribution in [0.3, 0.4) is 0 Å². The Hall–Kier alpha value is -1.39. The van der Waals surface area contributed by atoms with Gasteiger partial charge >= 0.3 is 0 Å². The van der Waals surface area contributed by atoms with Crippen molar-refractivity contribution in [3.8, 4) is 0 Å². The number of hydrogen-bond acceptors (Lipinski definition) is 4. The molecular formula is C15H21N3O. The molecule has 0 radical (unpaired) electrons. The van der Waals surface area contributed by atoms with Gasteiger partial charge in [-0.25, -0.2) is 4.98 Å². The Labute approximate surface area is 113 Å². The van der Waals surface area contributed by atoms with Gasteiger partial charge in [0.1, 0.15) is 5.52 Å². The highest BCUT2D eigenvalue weighted by molar-refractivity contribution is 5.73. The van der Waals surface area contributed by atoms with Crippen molar-refractivity contribution in [3.05, 3.63) is 29.7 Å². The summed E-state index contributed by atoms with van der Waals surface area (Å²) in [5, 5.41) is 6.92. The van der Waals surface area contributed by atoms with E-state index in [9.17, 15) is 0 Å². The molecule has 4 heteroatoms. The minimum absolute atomic E-state index is 0.730. The van der Waals surface area contributed by atoms with E-state index in [1.54, 1.807) is 0 Å². The molecule has 1 saturated heterocycles. The van der Waals surface area contributed by atoms with Crippen LogP contribution in [0.5, 0.6) is 0 Å². The summed E-state index contributed by atoms with van der Waals surface area (Å²) in [4.78, 5) is 4.36. The van der Waals surface area contributed by atoms with Crippen molar-refractivity contribution in [3.63, 3.8) is 0 Å². The highest BCUT2D eigenvalue weighted by Gasteiger charge is 2.13. The Morgan fingerprint density at radius 3 is 3.26 bits per heavy atom. The smallest absolute Gasteiger partial charge is 0.192 e. The van der Waals surface area contributed by atoms with Crippen LogP contribution in [0.15, 0.2) is 22.6 Å². The molecule has 1 aliphatic heterocycles. The molecule has 2 aromatic rings. The topological polar surface area (TPSA) is 50.1 Å². The van der Waals surface area contributed by atoms with Crippen LogP contribution in [-0.4, -0.2) is 24.6 Å². The molecule has 19 heavy (non-hydrogen) atoms. The molecule has 1 aromatic heterocycles. The molecule has 1 aromatic carbocycles. The van der Waals surface area contributed by atoms with Crippen molar-refractivity contribution < 1.29 is 4.42 Å². The average Bonchev–Trinajstić information content (AvgIpc) is 3.02. The van der Waals surface area contributed by atoms with Gasteiger partial charge in [-0.2, -0.15) is 0 Å². The Bertz CT molecular complexity index is 543. The summed E-state index contributed by atoms with van der Waals surface area (Å²) in [7, 11) is 0. The minimum Gasteiger partial charge on any atom is -0.441 e. The molecule has 2 heterocycles. The third-order valence-corrected chi connectivity index (χ3v) is 3.78. The van der Waals surface area contributed by atoms with Gasteiger partial charge in [-0.3, -0.25) is 0 Å². The normalized spacial score (nSPS) is 19.3. The van der Waals surface area contributed by atoms with Crippen molar-refractivity contribution in [1.82, 2.24) is 15.6 Å². The molecule has 0 aliphatic carbocycles. The molecule has 0 amide bonds. The van der Waals surface area contributed by atoms with Gasteiger partial charge in [0.15, 0.2) is 11.5 Å². The molecule has 3 rings (SSSR count). The number of aryl methyl sites for hydroxylation is 1. The van der Waals surface area contributed by atoms with Gasteiger partial charge < -0.3 is 15.1 Å². The van der Waals surface area contributed by atoms with Gasteiger partial charge in [-0.1, -0.05) is 6.07 Å². The van der Waals surface area contributed by atoms with Gasteiger partial charge in [0.2, 0.25) is 0 Å². The minimum atomic E-state index is 0.730. The van der Waals surface area contributed by atoms with Crippen LogP contribution in [-0.2, 0) is 6.54 Å². The van der Waals surface area contributed by atoms with Crippen LogP contribution in [0.25, 0.3) is 11.1 Å². The molecule has 102 valence electrons. The Kier molecular flexibility index (Phi) is 3.80. The van der Waals surface area contributed by atoms with Gasteiger partial charge in [0, 0.05) is 13.5 Å². The summed E-state index contributed by atoms with van der Waals surface area (Å²) in [6, 6.07) is 6.22. The number of rotatable bonds is 5.